The Hall–Kier alpha value is -2.77. The van der Waals surface area contributed by atoms with E-state index in [4.69, 9.17) is 5.11 Å². The number of nitrogens with one attached hydrogen (secondary N) is 2. The van der Waals surface area contributed by atoms with Gasteiger partial charge in [-0.2, -0.15) is 0 Å². The number of allylic oxidation sites excluding steroid dienone is 1. The summed E-state index contributed by atoms with van der Waals surface area (Å²) in [6.45, 7) is 10.2. The normalized spacial score (nSPS) is 22.0. The molecule has 4 rings (SSSR count). The first kappa shape index (κ1) is 28.2. The second-order valence-corrected chi connectivity index (χ2v) is 12.8. The Morgan fingerprint density at radius 3 is 2.26 bits per heavy atom. The van der Waals surface area contributed by atoms with E-state index in [0.29, 0.717) is 23.6 Å². The van der Waals surface area contributed by atoms with Crippen LogP contribution in [-0.4, -0.2) is 40.0 Å². The van der Waals surface area contributed by atoms with Crippen molar-refractivity contribution in [2.45, 2.75) is 77.9 Å². The van der Waals surface area contributed by atoms with Crippen LogP contribution < -0.4 is 10.6 Å². The number of carboxylic acid groups (broad SMARTS) is 1. The summed E-state index contributed by atoms with van der Waals surface area (Å²) in [5.41, 5.74) is 4.78. The van der Waals surface area contributed by atoms with Crippen LogP contribution in [0.1, 0.15) is 81.3 Å². The highest BCUT2D eigenvalue weighted by Gasteiger charge is 2.39. The number of carbonyl (C=O) groups excluding carboxylic acids is 1. The molecule has 1 aliphatic heterocycles. The number of aliphatic carboxylic acids is 1. The van der Waals surface area contributed by atoms with Crippen molar-refractivity contribution in [3.8, 4) is 0 Å². The zero-order valence-corrected chi connectivity index (χ0v) is 23.8. The van der Waals surface area contributed by atoms with Crippen LogP contribution >= 0.6 is 11.8 Å². The number of hydrogen-bond acceptors (Lipinski definition) is 5. The highest BCUT2D eigenvalue weighted by atomic mass is 32.2. The smallest absolute Gasteiger partial charge is 0.305 e. The molecule has 1 atom stereocenters. The Morgan fingerprint density at radius 2 is 1.66 bits per heavy atom. The zero-order chi connectivity index (χ0) is 27.3. The molecule has 3 N–H and O–H groups in total. The Balaban J connectivity index is 1.44. The Kier molecular flexibility index (Phi) is 9.21. The van der Waals surface area contributed by atoms with E-state index >= 15 is 0 Å². The van der Waals surface area contributed by atoms with Crippen molar-refractivity contribution >= 4 is 29.3 Å². The molecule has 2 aromatic rings. The van der Waals surface area contributed by atoms with Gasteiger partial charge in [-0.1, -0.05) is 75.0 Å². The van der Waals surface area contributed by atoms with Crippen LogP contribution in [0.4, 0.5) is 0 Å². The minimum atomic E-state index is -0.923. The van der Waals surface area contributed by atoms with Crippen LogP contribution in [0.25, 0.3) is 5.70 Å². The molecule has 1 heterocycles. The van der Waals surface area contributed by atoms with Gasteiger partial charge in [0.2, 0.25) is 0 Å². The summed E-state index contributed by atoms with van der Waals surface area (Å²) in [6.07, 6.45) is 4.85. The molecular weight excluding hydrogens is 494 g/mol. The minimum absolute atomic E-state index is 0.0838. The standard InChI is InChI=1S/C31H41N3O3S/c1-21-28(23-8-6-5-7-9-23)34(26-16-14-25(15-17-26)31(2,3)4)30(38-21)33-20-22-10-12-24(13-11-22)29(37)32-19-18-27(35)36/h5-13,25-26,30,33H,14-20H2,1-4H3,(H,32,37)(H,35,36). The molecule has 2 aromatic carbocycles. The van der Waals surface area contributed by atoms with Gasteiger partial charge in [-0.3, -0.25) is 14.9 Å². The Morgan fingerprint density at radius 1 is 1.00 bits per heavy atom. The summed E-state index contributed by atoms with van der Waals surface area (Å²) in [7, 11) is 0. The quantitative estimate of drug-likeness (QED) is 0.349. The first-order valence-corrected chi connectivity index (χ1v) is 14.5. The lowest BCUT2D eigenvalue weighted by atomic mass is 9.71. The summed E-state index contributed by atoms with van der Waals surface area (Å²) in [4.78, 5) is 26.9. The van der Waals surface area contributed by atoms with E-state index in [9.17, 15) is 9.59 Å². The molecule has 0 saturated heterocycles. The second kappa shape index (κ2) is 12.4. The second-order valence-electron chi connectivity index (χ2n) is 11.5. The summed E-state index contributed by atoms with van der Waals surface area (Å²) in [6, 6.07) is 18.8. The summed E-state index contributed by atoms with van der Waals surface area (Å²) < 4.78 is 0. The van der Waals surface area contributed by atoms with Gasteiger partial charge in [0.15, 0.2) is 0 Å². The van der Waals surface area contributed by atoms with Crippen LogP contribution in [0.15, 0.2) is 59.5 Å². The van der Waals surface area contributed by atoms with Gasteiger partial charge >= 0.3 is 5.97 Å². The fourth-order valence-corrected chi connectivity index (χ4v) is 6.85. The number of carboxylic acids is 1. The molecule has 38 heavy (non-hydrogen) atoms. The highest BCUT2D eigenvalue weighted by Crippen LogP contribution is 2.47. The van der Waals surface area contributed by atoms with E-state index < -0.39 is 5.97 Å². The molecule has 2 aliphatic rings. The van der Waals surface area contributed by atoms with Crippen LogP contribution in [-0.2, 0) is 11.3 Å². The van der Waals surface area contributed by atoms with Gasteiger partial charge < -0.3 is 15.3 Å². The van der Waals surface area contributed by atoms with Gasteiger partial charge in [-0.05, 0) is 67.2 Å². The predicted octanol–water partition coefficient (Wildman–Crippen LogP) is 6.31. The molecule has 6 nitrogen and oxygen atoms in total. The lowest BCUT2D eigenvalue weighted by Gasteiger charge is -2.43. The monoisotopic (exact) mass is 535 g/mol. The number of benzene rings is 2. The van der Waals surface area contributed by atoms with E-state index in [1.807, 2.05) is 23.9 Å². The molecule has 0 radical (unpaired) electrons. The Bertz CT molecular complexity index is 1130. The van der Waals surface area contributed by atoms with E-state index in [1.165, 1.54) is 41.8 Å². The lowest BCUT2D eigenvalue weighted by Crippen LogP contribution is -2.47. The van der Waals surface area contributed by atoms with Crippen molar-refractivity contribution in [1.29, 1.82) is 0 Å². The number of amides is 1. The van der Waals surface area contributed by atoms with Crippen LogP contribution in [0.3, 0.4) is 0 Å². The van der Waals surface area contributed by atoms with E-state index in [2.05, 4.69) is 73.6 Å². The fraction of sp³-hybridized carbons (Fsp3) is 0.484. The van der Waals surface area contributed by atoms with Crippen molar-refractivity contribution in [2.24, 2.45) is 11.3 Å². The van der Waals surface area contributed by atoms with Crippen molar-refractivity contribution in [3.63, 3.8) is 0 Å². The highest BCUT2D eigenvalue weighted by molar-refractivity contribution is 8.04. The van der Waals surface area contributed by atoms with Gasteiger partial charge in [0.05, 0.1) is 12.1 Å². The maximum atomic E-state index is 12.3. The van der Waals surface area contributed by atoms with E-state index in [0.717, 1.165) is 11.5 Å². The largest absolute Gasteiger partial charge is 0.481 e. The number of carbonyl (C=O) groups is 2. The van der Waals surface area contributed by atoms with Crippen molar-refractivity contribution in [2.75, 3.05) is 6.54 Å². The van der Waals surface area contributed by atoms with Gasteiger partial charge in [0.1, 0.15) is 5.50 Å². The number of hydrogen-bond donors (Lipinski definition) is 3. The molecule has 1 fully saturated rings. The first-order chi connectivity index (χ1) is 18.1. The SMILES string of the molecule is CC1=C(c2ccccc2)N(C2CCC(C(C)(C)C)CC2)C(NCc2ccc(C(=O)NCCC(=O)O)cc2)S1. The summed E-state index contributed by atoms with van der Waals surface area (Å²) in [5.74, 6) is -0.403. The number of rotatable bonds is 9. The van der Waals surface area contributed by atoms with Crippen molar-refractivity contribution in [1.82, 2.24) is 15.5 Å². The lowest BCUT2D eigenvalue weighted by molar-refractivity contribution is -0.136. The van der Waals surface area contributed by atoms with Gasteiger partial charge in [0.25, 0.3) is 5.91 Å². The third-order valence-electron chi connectivity index (χ3n) is 7.82. The molecule has 1 saturated carbocycles. The van der Waals surface area contributed by atoms with Gasteiger partial charge in [0, 0.05) is 29.6 Å². The third kappa shape index (κ3) is 7.00. The molecule has 0 bridgehead atoms. The molecular formula is C31H41N3O3S. The minimum Gasteiger partial charge on any atom is -0.481 e. The predicted molar refractivity (Wildman–Crippen MR) is 155 cm³/mol. The van der Waals surface area contributed by atoms with Crippen LogP contribution in [0, 0.1) is 11.3 Å². The average molecular weight is 536 g/mol. The van der Waals surface area contributed by atoms with Gasteiger partial charge in [-0.25, -0.2) is 0 Å². The molecule has 7 heteroatoms. The summed E-state index contributed by atoms with van der Waals surface area (Å²) >= 11 is 1.90. The third-order valence-corrected chi connectivity index (χ3v) is 8.98. The molecule has 1 unspecified atom stereocenters. The van der Waals surface area contributed by atoms with Crippen LogP contribution in [0.2, 0.25) is 0 Å². The van der Waals surface area contributed by atoms with E-state index in [-0.39, 0.29) is 24.4 Å². The number of nitrogens with zero attached hydrogens (tertiary/aromatic N) is 1. The maximum absolute atomic E-state index is 12.3. The molecule has 0 aromatic heterocycles. The number of thioether (sulfide) groups is 1. The Labute approximate surface area is 231 Å². The molecule has 0 spiro atoms. The fourth-order valence-electron chi connectivity index (χ4n) is 5.63. The molecule has 1 aliphatic carbocycles. The first-order valence-electron chi connectivity index (χ1n) is 13.7. The zero-order valence-electron chi connectivity index (χ0n) is 23.0. The van der Waals surface area contributed by atoms with Crippen LogP contribution in [0.5, 0.6) is 0 Å². The topological polar surface area (TPSA) is 81.7 Å². The van der Waals surface area contributed by atoms with Crippen molar-refractivity contribution < 1.29 is 14.7 Å². The average Bonchev–Trinajstić information content (AvgIpc) is 3.23. The van der Waals surface area contributed by atoms with Gasteiger partial charge in [-0.15, -0.1) is 0 Å². The molecule has 204 valence electrons. The summed E-state index contributed by atoms with van der Waals surface area (Å²) in [5, 5.41) is 15.2. The molecule has 1 amide bonds. The maximum Gasteiger partial charge on any atom is 0.305 e. The van der Waals surface area contributed by atoms with Crippen molar-refractivity contribution in [3.05, 3.63) is 76.2 Å². The van der Waals surface area contributed by atoms with E-state index in [1.54, 1.807) is 12.1 Å².